The fourth-order valence-corrected chi connectivity index (χ4v) is 2.36. The first kappa shape index (κ1) is 14.0. The molecule has 2 rings (SSSR count). The van der Waals surface area contributed by atoms with Crippen LogP contribution in [-0.2, 0) is 11.2 Å². The van der Waals surface area contributed by atoms with Crippen LogP contribution in [-0.4, -0.2) is 67.0 Å². The zero-order chi connectivity index (χ0) is 13.7. The van der Waals surface area contributed by atoms with E-state index >= 15 is 0 Å². The molecule has 104 valence electrons. The van der Waals surface area contributed by atoms with Gasteiger partial charge in [-0.1, -0.05) is 6.07 Å². The number of amides is 1. The topological polar surface area (TPSA) is 48.5 Å². The molecule has 0 aliphatic carbocycles. The number of pyridine rings is 1. The lowest BCUT2D eigenvalue weighted by molar-refractivity contribution is -0.135. The van der Waals surface area contributed by atoms with E-state index in [0.717, 1.165) is 38.3 Å². The molecule has 0 spiro atoms. The molecular formula is C14H22N4O. The first-order chi connectivity index (χ1) is 9.18. The lowest BCUT2D eigenvalue weighted by Crippen LogP contribution is -2.57. The minimum atomic E-state index is -0.0486. The smallest absolute Gasteiger partial charge is 0.240 e. The van der Waals surface area contributed by atoms with Crippen LogP contribution in [0.5, 0.6) is 0 Å². The Morgan fingerprint density at radius 1 is 1.53 bits per heavy atom. The van der Waals surface area contributed by atoms with Gasteiger partial charge in [0.25, 0.3) is 0 Å². The van der Waals surface area contributed by atoms with Crippen molar-refractivity contribution in [3.05, 3.63) is 30.1 Å². The van der Waals surface area contributed by atoms with Crippen LogP contribution in [0, 0.1) is 0 Å². The molecule has 19 heavy (non-hydrogen) atoms. The van der Waals surface area contributed by atoms with E-state index in [4.69, 9.17) is 0 Å². The van der Waals surface area contributed by atoms with Crippen molar-refractivity contribution in [3.8, 4) is 0 Å². The molecule has 5 heteroatoms. The van der Waals surface area contributed by atoms with Gasteiger partial charge >= 0.3 is 0 Å². The van der Waals surface area contributed by atoms with Crippen molar-refractivity contribution in [1.29, 1.82) is 0 Å². The zero-order valence-electron chi connectivity index (χ0n) is 11.7. The van der Waals surface area contributed by atoms with E-state index < -0.39 is 0 Å². The molecule has 1 unspecified atom stereocenters. The molecule has 1 saturated heterocycles. The molecule has 1 aromatic heterocycles. The summed E-state index contributed by atoms with van der Waals surface area (Å²) in [6.07, 6.45) is 2.70. The number of hydrogen-bond donors (Lipinski definition) is 1. The third kappa shape index (κ3) is 3.75. The van der Waals surface area contributed by atoms with Crippen LogP contribution in [0.25, 0.3) is 0 Å². The standard InChI is InChI=1S/C14H22N4O/c1-17(2)14(19)13-11-15-8-10-18(13)9-6-12-5-3-4-7-16-12/h3-5,7,13,15H,6,8-11H2,1-2H3. The van der Waals surface area contributed by atoms with Gasteiger partial charge in [-0.25, -0.2) is 0 Å². The summed E-state index contributed by atoms with van der Waals surface area (Å²) >= 11 is 0. The molecule has 1 aliphatic rings. The Hall–Kier alpha value is -1.46. The van der Waals surface area contributed by atoms with E-state index in [1.807, 2.05) is 38.5 Å². The maximum atomic E-state index is 12.1. The first-order valence-corrected chi connectivity index (χ1v) is 6.74. The first-order valence-electron chi connectivity index (χ1n) is 6.74. The van der Waals surface area contributed by atoms with Crippen LogP contribution < -0.4 is 5.32 Å². The zero-order valence-corrected chi connectivity index (χ0v) is 11.7. The molecule has 0 bridgehead atoms. The summed E-state index contributed by atoms with van der Waals surface area (Å²) < 4.78 is 0. The average molecular weight is 262 g/mol. The minimum Gasteiger partial charge on any atom is -0.347 e. The van der Waals surface area contributed by atoms with Crippen LogP contribution in [0.3, 0.4) is 0 Å². The number of likely N-dealkylation sites (N-methyl/N-ethyl adjacent to an activating group) is 1. The monoisotopic (exact) mass is 262 g/mol. The van der Waals surface area contributed by atoms with Crippen LogP contribution in [0.4, 0.5) is 0 Å². The van der Waals surface area contributed by atoms with Crippen LogP contribution in [0.2, 0.25) is 0 Å². The molecule has 0 aromatic carbocycles. The quantitative estimate of drug-likeness (QED) is 0.829. The molecule has 1 aliphatic heterocycles. The third-order valence-electron chi connectivity index (χ3n) is 3.46. The fourth-order valence-electron chi connectivity index (χ4n) is 2.36. The summed E-state index contributed by atoms with van der Waals surface area (Å²) in [4.78, 5) is 20.4. The van der Waals surface area contributed by atoms with Crippen molar-refractivity contribution in [2.45, 2.75) is 12.5 Å². The predicted molar refractivity (Wildman–Crippen MR) is 74.9 cm³/mol. The number of hydrogen-bond acceptors (Lipinski definition) is 4. The second-order valence-corrected chi connectivity index (χ2v) is 5.06. The van der Waals surface area contributed by atoms with Gasteiger partial charge in [-0.2, -0.15) is 0 Å². The van der Waals surface area contributed by atoms with Gasteiger partial charge in [0.05, 0.1) is 0 Å². The van der Waals surface area contributed by atoms with E-state index in [2.05, 4.69) is 15.2 Å². The van der Waals surface area contributed by atoms with Gasteiger partial charge in [-0.05, 0) is 12.1 Å². The molecule has 1 atom stereocenters. The number of carbonyl (C=O) groups excluding carboxylic acids is 1. The Morgan fingerprint density at radius 2 is 2.37 bits per heavy atom. The van der Waals surface area contributed by atoms with Gasteiger partial charge in [0, 0.05) is 58.6 Å². The highest BCUT2D eigenvalue weighted by molar-refractivity contribution is 5.81. The highest BCUT2D eigenvalue weighted by Gasteiger charge is 2.29. The molecule has 1 fully saturated rings. The Balaban J connectivity index is 1.94. The Kier molecular flexibility index (Phi) is 4.87. The highest BCUT2D eigenvalue weighted by atomic mass is 16.2. The van der Waals surface area contributed by atoms with E-state index in [1.54, 1.807) is 4.90 Å². The Bertz CT molecular complexity index is 407. The molecular weight excluding hydrogens is 240 g/mol. The SMILES string of the molecule is CN(C)C(=O)C1CNCCN1CCc1ccccn1. The lowest BCUT2D eigenvalue weighted by atomic mass is 10.1. The average Bonchev–Trinajstić information content (AvgIpc) is 2.45. The summed E-state index contributed by atoms with van der Waals surface area (Å²) in [6, 6.07) is 5.91. The molecule has 2 heterocycles. The van der Waals surface area contributed by atoms with Crippen LogP contribution in [0.15, 0.2) is 24.4 Å². The second kappa shape index (κ2) is 6.63. The van der Waals surface area contributed by atoms with Crippen molar-refractivity contribution in [2.24, 2.45) is 0 Å². The van der Waals surface area contributed by atoms with Gasteiger partial charge < -0.3 is 10.2 Å². The number of nitrogens with one attached hydrogen (secondary N) is 1. The number of piperazine rings is 1. The van der Waals surface area contributed by atoms with Gasteiger partial charge in [0.2, 0.25) is 5.91 Å². The predicted octanol–water partition coefficient (Wildman–Crippen LogP) is -0.0139. The third-order valence-corrected chi connectivity index (χ3v) is 3.46. The second-order valence-electron chi connectivity index (χ2n) is 5.06. The largest absolute Gasteiger partial charge is 0.347 e. The Labute approximate surface area is 114 Å². The number of nitrogens with zero attached hydrogens (tertiary/aromatic N) is 3. The summed E-state index contributed by atoms with van der Waals surface area (Å²) in [5.41, 5.74) is 1.08. The summed E-state index contributed by atoms with van der Waals surface area (Å²) in [7, 11) is 3.63. The van der Waals surface area contributed by atoms with Crippen LogP contribution >= 0.6 is 0 Å². The van der Waals surface area contributed by atoms with E-state index in [0.29, 0.717) is 0 Å². The van der Waals surface area contributed by atoms with E-state index in [9.17, 15) is 4.79 Å². The van der Waals surface area contributed by atoms with E-state index in [-0.39, 0.29) is 11.9 Å². The normalized spacial score (nSPS) is 20.2. The van der Waals surface area contributed by atoms with Crippen molar-refractivity contribution in [2.75, 3.05) is 40.3 Å². The molecule has 0 saturated carbocycles. The van der Waals surface area contributed by atoms with Crippen molar-refractivity contribution < 1.29 is 4.79 Å². The Morgan fingerprint density at radius 3 is 3.05 bits per heavy atom. The van der Waals surface area contributed by atoms with Gasteiger partial charge in [0.15, 0.2) is 0 Å². The molecule has 5 nitrogen and oxygen atoms in total. The molecule has 0 radical (unpaired) electrons. The van der Waals surface area contributed by atoms with Crippen molar-refractivity contribution in [1.82, 2.24) is 20.1 Å². The number of aromatic nitrogens is 1. The number of carbonyl (C=O) groups is 1. The van der Waals surface area contributed by atoms with Gasteiger partial charge in [-0.15, -0.1) is 0 Å². The van der Waals surface area contributed by atoms with Crippen molar-refractivity contribution >= 4 is 5.91 Å². The highest BCUT2D eigenvalue weighted by Crippen LogP contribution is 2.07. The van der Waals surface area contributed by atoms with Crippen molar-refractivity contribution in [3.63, 3.8) is 0 Å². The lowest BCUT2D eigenvalue weighted by Gasteiger charge is -2.36. The molecule has 1 amide bonds. The minimum absolute atomic E-state index is 0.0486. The number of rotatable bonds is 4. The summed E-state index contributed by atoms with van der Waals surface area (Å²) in [6.45, 7) is 3.47. The van der Waals surface area contributed by atoms with Gasteiger partial charge in [0.1, 0.15) is 6.04 Å². The van der Waals surface area contributed by atoms with Crippen LogP contribution in [0.1, 0.15) is 5.69 Å². The van der Waals surface area contributed by atoms with E-state index in [1.165, 1.54) is 0 Å². The molecule has 1 aromatic rings. The van der Waals surface area contributed by atoms with Gasteiger partial charge in [-0.3, -0.25) is 14.7 Å². The maximum Gasteiger partial charge on any atom is 0.240 e. The maximum absolute atomic E-state index is 12.1. The fraction of sp³-hybridized carbons (Fsp3) is 0.571. The molecule has 1 N–H and O–H groups in total. The summed E-state index contributed by atoms with van der Waals surface area (Å²) in [5.74, 6) is 0.174. The summed E-state index contributed by atoms with van der Waals surface area (Å²) in [5, 5.41) is 3.29.